The molecule has 1 rings (SSSR count). The maximum absolute atomic E-state index is 9.60. The van der Waals surface area contributed by atoms with E-state index in [0.29, 0.717) is 6.54 Å². The summed E-state index contributed by atoms with van der Waals surface area (Å²) in [5.74, 6) is 0. The van der Waals surface area contributed by atoms with Crippen LogP contribution >= 0.6 is 0 Å². The van der Waals surface area contributed by atoms with Gasteiger partial charge >= 0.3 is 0 Å². The molecule has 1 aromatic heterocycles. The third kappa shape index (κ3) is 1.84. The highest BCUT2D eigenvalue weighted by atomic mass is 16.3. The molecule has 12 heavy (non-hydrogen) atoms. The second kappa shape index (κ2) is 4.23. The average Bonchev–Trinajstić information content (AvgIpc) is 2.51. The normalized spacial score (nSPS) is 13.2. The summed E-state index contributed by atoms with van der Waals surface area (Å²) in [6.45, 7) is 3.36. The van der Waals surface area contributed by atoms with Gasteiger partial charge in [-0.15, -0.1) is 0 Å². The van der Waals surface area contributed by atoms with Crippen molar-refractivity contribution in [2.45, 2.75) is 19.6 Å². The predicted molar refractivity (Wildman–Crippen MR) is 46.8 cm³/mol. The first kappa shape index (κ1) is 9.22. The van der Waals surface area contributed by atoms with Crippen LogP contribution in [0.3, 0.4) is 0 Å². The Morgan fingerprint density at radius 2 is 2.50 bits per heavy atom. The number of aliphatic hydroxyl groups excluding tert-OH is 1. The van der Waals surface area contributed by atoms with Gasteiger partial charge in [0, 0.05) is 19.3 Å². The standard InChI is InChI=1S/C8H15N3O/c1-3-11-7(4-5-10-11)8(12)6-9-2/h4-5,8-9,12H,3,6H2,1-2H3. The van der Waals surface area contributed by atoms with Crippen molar-refractivity contribution in [1.29, 1.82) is 0 Å². The van der Waals surface area contributed by atoms with E-state index in [4.69, 9.17) is 0 Å². The van der Waals surface area contributed by atoms with Crippen LogP contribution in [0, 0.1) is 0 Å². The van der Waals surface area contributed by atoms with E-state index >= 15 is 0 Å². The summed E-state index contributed by atoms with van der Waals surface area (Å²) in [5, 5.41) is 16.6. The summed E-state index contributed by atoms with van der Waals surface area (Å²) in [6, 6.07) is 1.84. The molecular formula is C8H15N3O. The third-order valence-electron chi connectivity index (χ3n) is 1.79. The molecule has 0 aliphatic rings. The molecule has 0 saturated carbocycles. The van der Waals surface area contributed by atoms with Gasteiger partial charge in [0.25, 0.3) is 0 Å². The summed E-state index contributed by atoms with van der Waals surface area (Å²) >= 11 is 0. The van der Waals surface area contributed by atoms with Crippen molar-refractivity contribution in [3.05, 3.63) is 18.0 Å². The van der Waals surface area contributed by atoms with Crippen molar-refractivity contribution >= 4 is 0 Å². The molecule has 0 saturated heterocycles. The zero-order valence-electron chi connectivity index (χ0n) is 7.49. The number of aromatic nitrogens is 2. The van der Waals surface area contributed by atoms with Crippen LogP contribution in [0.1, 0.15) is 18.7 Å². The van der Waals surface area contributed by atoms with E-state index in [9.17, 15) is 5.11 Å². The number of nitrogens with one attached hydrogen (secondary N) is 1. The van der Waals surface area contributed by atoms with Gasteiger partial charge in [-0.05, 0) is 20.0 Å². The number of hydrogen-bond acceptors (Lipinski definition) is 3. The monoisotopic (exact) mass is 169 g/mol. The number of rotatable bonds is 4. The number of aryl methyl sites for hydroxylation is 1. The quantitative estimate of drug-likeness (QED) is 0.675. The lowest BCUT2D eigenvalue weighted by molar-refractivity contribution is 0.166. The second-order valence-electron chi connectivity index (χ2n) is 2.65. The van der Waals surface area contributed by atoms with Gasteiger partial charge in [-0.25, -0.2) is 0 Å². The Hall–Kier alpha value is -0.870. The first-order chi connectivity index (χ1) is 5.79. The second-order valence-corrected chi connectivity index (χ2v) is 2.65. The van der Waals surface area contributed by atoms with Crippen molar-refractivity contribution in [2.24, 2.45) is 0 Å². The van der Waals surface area contributed by atoms with Crippen LogP contribution in [0.2, 0.25) is 0 Å². The van der Waals surface area contributed by atoms with Crippen molar-refractivity contribution in [3.63, 3.8) is 0 Å². The lowest BCUT2D eigenvalue weighted by atomic mass is 10.2. The molecule has 1 aromatic rings. The zero-order valence-corrected chi connectivity index (χ0v) is 7.49. The SMILES string of the molecule is CCn1nccc1C(O)CNC. The molecule has 1 atom stereocenters. The number of likely N-dealkylation sites (N-methyl/N-ethyl adjacent to an activating group) is 1. The van der Waals surface area contributed by atoms with Gasteiger partial charge in [0.15, 0.2) is 0 Å². The summed E-state index contributed by atoms with van der Waals surface area (Å²) in [6.07, 6.45) is 1.25. The molecule has 0 radical (unpaired) electrons. The van der Waals surface area contributed by atoms with Crippen molar-refractivity contribution in [2.75, 3.05) is 13.6 Å². The van der Waals surface area contributed by atoms with E-state index < -0.39 is 6.10 Å². The predicted octanol–water partition coefficient (Wildman–Crippen LogP) is 0.156. The van der Waals surface area contributed by atoms with E-state index in [1.54, 1.807) is 10.9 Å². The summed E-state index contributed by atoms with van der Waals surface area (Å²) in [5.41, 5.74) is 0.867. The molecule has 0 amide bonds. The molecule has 0 aliphatic heterocycles. The molecule has 0 aliphatic carbocycles. The maximum atomic E-state index is 9.60. The molecule has 0 aromatic carbocycles. The van der Waals surface area contributed by atoms with Gasteiger partial charge in [0.1, 0.15) is 6.10 Å². The van der Waals surface area contributed by atoms with E-state index in [1.807, 2.05) is 20.0 Å². The highest BCUT2D eigenvalue weighted by Crippen LogP contribution is 2.10. The lowest BCUT2D eigenvalue weighted by Gasteiger charge is -2.11. The van der Waals surface area contributed by atoms with Crippen molar-refractivity contribution in [3.8, 4) is 0 Å². The molecule has 68 valence electrons. The average molecular weight is 169 g/mol. The number of hydrogen-bond donors (Lipinski definition) is 2. The van der Waals surface area contributed by atoms with Gasteiger partial charge in [-0.1, -0.05) is 0 Å². The molecular weight excluding hydrogens is 154 g/mol. The van der Waals surface area contributed by atoms with E-state index in [0.717, 1.165) is 12.2 Å². The van der Waals surface area contributed by atoms with Gasteiger partial charge in [0.2, 0.25) is 0 Å². The molecule has 0 fully saturated rings. The Morgan fingerprint density at radius 3 is 3.08 bits per heavy atom. The molecule has 4 heteroatoms. The van der Waals surface area contributed by atoms with E-state index in [1.165, 1.54) is 0 Å². The van der Waals surface area contributed by atoms with Crippen LogP contribution in [0.5, 0.6) is 0 Å². The van der Waals surface area contributed by atoms with Crippen LogP contribution in [0.4, 0.5) is 0 Å². The zero-order chi connectivity index (χ0) is 8.97. The van der Waals surface area contributed by atoms with Gasteiger partial charge in [-0.3, -0.25) is 4.68 Å². The largest absolute Gasteiger partial charge is 0.385 e. The fourth-order valence-electron chi connectivity index (χ4n) is 1.19. The Labute approximate surface area is 72.2 Å². The molecule has 0 bridgehead atoms. The summed E-state index contributed by atoms with van der Waals surface area (Å²) in [4.78, 5) is 0. The Kier molecular flexibility index (Phi) is 3.25. The van der Waals surface area contributed by atoms with Gasteiger partial charge in [0.05, 0.1) is 5.69 Å². The molecule has 0 spiro atoms. The highest BCUT2D eigenvalue weighted by molar-refractivity contribution is 5.04. The Bertz CT molecular complexity index is 234. The van der Waals surface area contributed by atoms with Crippen LogP contribution in [0.25, 0.3) is 0 Å². The van der Waals surface area contributed by atoms with E-state index in [-0.39, 0.29) is 0 Å². The van der Waals surface area contributed by atoms with Crippen LogP contribution in [0.15, 0.2) is 12.3 Å². The fourth-order valence-corrected chi connectivity index (χ4v) is 1.19. The first-order valence-electron chi connectivity index (χ1n) is 4.14. The highest BCUT2D eigenvalue weighted by Gasteiger charge is 2.10. The number of aliphatic hydroxyl groups is 1. The fraction of sp³-hybridized carbons (Fsp3) is 0.625. The van der Waals surface area contributed by atoms with E-state index in [2.05, 4.69) is 10.4 Å². The molecule has 1 unspecified atom stereocenters. The topological polar surface area (TPSA) is 50.1 Å². The Balaban J connectivity index is 2.71. The third-order valence-corrected chi connectivity index (χ3v) is 1.79. The lowest BCUT2D eigenvalue weighted by Crippen LogP contribution is -2.19. The maximum Gasteiger partial charge on any atom is 0.108 e. The smallest absolute Gasteiger partial charge is 0.108 e. The van der Waals surface area contributed by atoms with Crippen molar-refractivity contribution in [1.82, 2.24) is 15.1 Å². The molecule has 2 N–H and O–H groups in total. The minimum Gasteiger partial charge on any atom is -0.385 e. The molecule has 1 heterocycles. The van der Waals surface area contributed by atoms with Crippen LogP contribution in [-0.2, 0) is 6.54 Å². The van der Waals surface area contributed by atoms with Crippen molar-refractivity contribution < 1.29 is 5.11 Å². The van der Waals surface area contributed by atoms with Gasteiger partial charge < -0.3 is 10.4 Å². The first-order valence-corrected chi connectivity index (χ1v) is 4.14. The Morgan fingerprint density at radius 1 is 1.75 bits per heavy atom. The van der Waals surface area contributed by atoms with Gasteiger partial charge in [-0.2, -0.15) is 5.10 Å². The van der Waals surface area contributed by atoms with Crippen LogP contribution in [-0.4, -0.2) is 28.5 Å². The van der Waals surface area contributed by atoms with Crippen LogP contribution < -0.4 is 5.32 Å². The summed E-state index contributed by atoms with van der Waals surface area (Å²) < 4.78 is 1.79. The molecule has 4 nitrogen and oxygen atoms in total. The minimum atomic E-state index is -0.461. The number of nitrogens with zero attached hydrogens (tertiary/aromatic N) is 2. The minimum absolute atomic E-state index is 0.461. The summed E-state index contributed by atoms with van der Waals surface area (Å²) in [7, 11) is 1.82.